The number of nitrogens with zero attached hydrogens (tertiary/aromatic N) is 1. The summed E-state index contributed by atoms with van der Waals surface area (Å²) in [4.78, 5) is 12.4. The molecule has 0 aliphatic rings. The number of amides is 1. The highest BCUT2D eigenvalue weighted by Crippen LogP contribution is 2.25. The Morgan fingerprint density at radius 3 is 2.73 bits per heavy atom. The minimum Gasteiger partial charge on any atom is -0.379 e. The molecule has 0 aliphatic carbocycles. The van der Waals surface area contributed by atoms with Gasteiger partial charge in [-0.3, -0.25) is 4.79 Å². The Bertz CT molecular complexity index is 606. The first-order chi connectivity index (χ1) is 10.6. The third-order valence-corrected chi connectivity index (χ3v) is 3.18. The van der Waals surface area contributed by atoms with Crippen LogP contribution < -0.4 is 5.32 Å². The molecule has 0 aliphatic heterocycles. The van der Waals surface area contributed by atoms with E-state index in [-0.39, 0.29) is 12.0 Å². The van der Waals surface area contributed by atoms with Crippen LogP contribution in [0.15, 0.2) is 34.9 Å². The third-order valence-electron chi connectivity index (χ3n) is 3.18. The van der Waals surface area contributed by atoms with Crippen molar-refractivity contribution in [3.8, 4) is 11.3 Å². The number of rotatable bonds is 7. The van der Waals surface area contributed by atoms with Crippen LogP contribution in [0.5, 0.6) is 0 Å². The lowest BCUT2D eigenvalue weighted by atomic mass is 10.1. The van der Waals surface area contributed by atoms with E-state index in [1.54, 1.807) is 6.92 Å². The number of hydrogen-bond acceptors (Lipinski definition) is 4. The summed E-state index contributed by atoms with van der Waals surface area (Å²) in [6, 6.07) is 9.51. The Morgan fingerprint density at radius 1 is 1.32 bits per heavy atom. The SMILES string of the molecule is Cc1noc(-c2ccccc2)c1C(=O)NCCCOC(C)C. The molecule has 1 aromatic heterocycles. The van der Waals surface area contributed by atoms with E-state index in [9.17, 15) is 4.79 Å². The molecule has 1 amide bonds. The lowest BCUT2D eigenvalue weighted by Gasteiger charge is -2.08. The van der Waals surface area contributed by atoms with Crippen LogP contribution in [0, 0.1) is 6.92 Å². The van der Waals surface area contributed by atoms with Gasteiger partial charge in [0.25, 0.3) is 5.91 Å². The van der Waals surface area contributed by atoms with Gasteiger partial charge in [0.2, 0.25) is 0 Å². The molecular formula is C17H22N2O3. The molecule has 22 heavy (non-hydrogen) atoms. The average Bonchev–Trinajstić information content (AvgIpc) is 2.89. The lowest BCUT2D eigenvalue weighted by Crippen LogP contribution is -2.26. The Labute approximate surface area is 130 Å². The fourth-order valence-electron chi connectivity index (χ4n) is 2.11. The standard InChI is InChI=1S/C17H22N2O3/c1-12(2)21-11-7-10-18-17(20)15-13(3)19-22-16(15)14-8-5-4-6-9-14/h4-6,8-9,12H,7,10-11H2,1-3H3,(H,18,20). The van der Waals surface area contributed by atoms with Crippen LogP contribution in [0.1, 0.15) is 36.3 Å². The molecule has 0 atom stereocenters. The second-order valence-corrected chi connectivity index (χ2v) is 5.37. The molecule has 1 aromatic carbocycles. The van der Waals surface area contributed by atoms with E-state index in [2.05, 4.69) is 10.5 Å². The highest BCUT2D eigenvalue weighted by atomic mass is 16.5. The number of aryl methyl sites for hydroxylation is 1. The summed E-state index contributed by atoms with van der Waals surface area (Å²) in [5.74, 6) is 0.344. The summed E-state index contributed by atoms with van der Waals surface area (Å²) in [5, 5.41) is 6.81. The van der Waals surface area contributed by atoms with Crippen molar-refractivity contribution in [1.29, 1.82) is 0 Å². The normalized spacial score (nSPS) is 10.9. The van der Waals surface area contributed by atoms with E-state index in [0.29, 0.717) is 30.2 Å². The largest absolute Gasteiger partial charge is 0.379 e. The van der Waals surface area contributed by atoms with Crippen molar-refractivity contribution >= 4 is 5.91 Å². The number of carbonyl (C=O) groups excluding carboxylic acids is 1. The first kappa shape index (κ1) is 16.2. The van der Waals surface area contributed by atoms with E-state index in [0.717, 1.165) is 12.0 Å². The number of nitrogens with one attached hydrogen (secondary N) is 1. The van der Waals surface area contributed by atoms with Crippen LogP contribution in [0.4, 0.5) is 0 Å². The molecule has 2 rings (SSSR count). The smallest absolute Gasteiger partial charge is 0.257 e. The van der Waals surface area contributed by atoms with Crippen molar-refractivity contribution in [3.05, 3.63) is 41.6 Å². The maximum Gasteiger partial charge on any atom is 0.257 e. The number of benzene rings is 1. The maximum atomic E-state index is 12.4. The average molecular weight is 302 g/mol. The molecule has 1 heterocycles. The van der Waals surface area contributed by atoms with Crippen molar-refractivity contribution < 1.29 is 14.1 Å². The summed E-state index contributed by atoms with van der Waals surface area (Å²) >= 11 is 0. The van der Waals surface area contributed by atoms with Gasteiger partial charge >= 0.3 is 0 Å². The Hall–Kier alpha value is -2.14. The summed E-state index contributed by atoms with van der Waals surface area (Å²) in [5.41, 5.74) is 1.93. The number of carbonyl (C=O) groups is 1. The van der Waals surface area contributed by atoms with Crippen LogP contribution in [0.25, 0.3) is 11.3 Å². The number of ether oxygens (including phenoxy) is 1. The van der Waals surface area contributed by atoms with Crippen LogP contribution in [-0.4, -0.2) is 30.3 Å². The summed E-state index contributed by atoms with van der Waals surface area (Å²) in [6.45, 7) is 6.94. The molecule has 0 bridgehead atoms. The number of hydrogen-bond donors (Lipinski definition) is 1. The van der Waals surface area contributed by atoms with E-state index < -0.39 is 0 Å². The first-order valence-corrected chi connectivity index (χ1v) is 7.51. The van der Waals surface area contributed by atoms with Gasteiger partial charge in [-0.2, -0.15) is 0 Å². The maximum absolute atomic E-state index is 12.4. The molecular weight excluding hydrogens is 280 g/mol. The minimum atomic E-state index is -0.165. The minimum absolute atomic E-state index is 0.165. The van der Waals surface area contributed by atoms with Gasteiger partial charge in [-0.1, -0.05) is 35.5 Å². The molecule has 0 unspecified atom stereocenters. The van der Waals surface area contributed by atoms with Crippen LogP contribution >= 0.6 is 0 Å². The van der Waals surface area contributed by atoms with Crippen LogP contribution in [0.3, 0.4) is 0 Å². The number of aromatic nitrogens is 1. The monoisotopic (exact) mass is 302 g/mol. The Morgan fingerprint density at radius 2 is 2.05 bits per heavy atom. The zero-order valence-electron chi connectivity index (χ0n) is 13.3. The van der Waals surface area contributed by atoms with Gasteiger partial charge in [0.05, 0.1) is 11.8 Å². The summed E-state index contributed by atoms with van der Waals surface area (Å²) in [7, 11) is 0. The zero-order chi connectivity index (χ0) is 15.9. The zero-order valence-corrected chi connectivity index (χ0v) is 13.3. The molecule has 0 fully saturated rings. The summed E-state index contributed by atoms with van der Waals surface area (Å²) in [6.07, 6.45) is 0.982. The summed E-state index contributed by atoms with van der Waals surface area (Å²) < 4.78 is 10.8. The highest BCUT2D eigenvalue weighted by molar-refractivity contribution is 6.00. The van der Waals surface area contributed by atoms with Gasteiger partial charge in [0, 0.05) is 18.7 Å². The van der Waals surface area contributed by atoms with Gasteiger partial charge in [-0.15, -0.1) is 0 Å². The first-order valence-electron chi connectivity index (χ1n) is 7.51. The van der Waals surface area contributed by atoms with Gasteiger partial charge in [0.1, 0.15) is 5.56 Å². The van der Waals surface area contributed by atoms with E-state index in [4.69, 9.17) is 9.26 Å². The highest BCUT2D eigenvalue weighted by Gasteiger charge is 2.21. The molecule has 0 saturated carbocycles. The van der Waals surface area contributed by atoms with Crippen molar-refractivity contribution in [2.75, 3.05) is 13.2 Å². The second kappa shape index (κ2) is 7.75. The van der Waals surface area contributed by atoms with Gasteiger partial charge in [0.15, 0.2) is 5.76 Å². The molecule has 5 nitrogen and oxygen atoms in total. The van der Waals surface area contributed by atoms with Gasteiger partial charge in [-0.05, 0) is 27.2 Å². The van der Waals surface area contributed by atoms with Crippen LogP contribution in [0.2, 0.25) is 0 Å². The van der Waals surface area contributed by atoms with Gasteiger partial charge < -0.3 is 14.6 Å². The molecule has 0 radical (unpaired) electrons. The molecule has 1 N–H and O–H groups in total. The van der Waals surface area contributed by atoms with Crippen molar-refractivity contribution in [1.82, 2.24) is 10.5 Å². The molecule has 2 aromatic rings. The van der Waals surface area contributed by atoms with Crippen LogP contribution in [-0.2, 0) is 4.74 Å². The van der Waals surface area contributed by atoms with Crippen molar-refractivity contribution in [3.63, 3.8) is 0 Å². The molecule has 5 heteroatoms. The van der Waals surface area contributed by atoms with Crippen molar-refractivity contribution in [2.45, 2.75) is 33.3 Å². The Kier molecular flexibility index (Phi) is 5.72. The quantitative estimate of drug-likeness (QED) is 0.798. The third kappa shape index (κ3) is 4.18. The predicted molar refractivity (Wildman–Crippen MR) is 84.7 cm³/mol. The fraction of sp³-hybridized carbons (Fsp3) is 0.412. The molecule has 0 spiro atoms. The second-order valence-electron chi connectivity index (χ2n) is 5.37. The van der Waals surface area contributed by atoms with E-state index >= 15 is 0 Å². The van der Waals surface area contributed by atoms with E-state index in [1.165, 1.54) is 0 Å². The lowest BCUT2D eigenvalue weighted by molar-refractivity contribution is 0.0757. The van der Waals surface area contributed by atoms with Gasteiger partial charge in [-0.25, -0.2) is 0 Å². The predicted octanol–water partition coefficient (Wildman–Crippen LogP) is 3.19. The Balaban J connectivity index is 2.00. The molecule has 0 saturated heterocycles. The van der Waals surface area contributed by atoms with E-state index in [1.807, 2.05) is 44.2 Å². The van der Waals surface area contributed by atoms with Crippen molar-refractivity contribution in [2.24, 2.45) is 0 Å². The fourth-order valence-corrected chi connectivity index (χ4v) is 2.11. The topological polar surface area (TPSA) is 64.4 Å². The molecule has 118 valence electrons.